The Labute approximate surface area is 144 Å². The second-order valence-electron chi connectivity index (χ2n) is 5.86. The number of rotatable bonds is 6. The number of hydrogen-bond donors (Lipinski definition) is 1. The number of nitrogens with one attached hydrogen (secondary N) is 1. The highest BCUT2D eigenvalue weighted by Crippen LogP contribution is 2.26. The maximum absolute atomic E-state index is 14.0. The van der Waals surface area contributed by atoms with Crippen LogP contribution >= 0.6 is 0 Å². The van der Waals surface area contributed by atoms with Crippen LogP contribution in [0.5, 0.6) is 0 Å². The summed E-state index contributed by atoms with van der Waals surface area (Å²) >= 11 is 0. The van der Waals surface area contributed by atoms with Crippen LogP contribution in [0.25, 0.3) is 0 Å². The van der Waals surface area contributed by atoms with E-state index in [0.29, 0.717) is 11.1 Å². The maximum Gasteiger partial charge on any atom is 0.272 e. The number of amides is 1. The van der Waals surface area contributed by atoms with Crippen LogP contribution in [-0.2, 0) is 10.3 Å². The van der Waals surface area contributed by atoms with Crippen molar-refractivity contribution in [2.75, 3.05) is 13.7 Å². The molecule has 7 heteroatoms. The van der Waals surface area contributed by atoms with E-state index < -0.39 is 22.2 Å². The van der Waals surface area contributed by atoms with E-state index in [9.17, 15) is 19.3 Å². The summed E-state index contributed by atoms with van der Waals surface area (Å²) in [7, 11) is 1.44. The number of nitro benzene ring substituents is 1. The number of carbonyl (C=O) groups is 1. The molecule has 0 aromatic heterocycles. The monoisotopic (exact) mass is 346 g/mol. The van der Waals surface area contributed by atoms with Gasteiger partial charge in [-0.25, -0.2) is 4.39 Å². The van der Waals surface area contributed by atoms with Crippen molar-refractivity contribution < 1.29 is 18.8 Å². The van der Waals surface area contributed by atoms with Crippen molar-refractivity contribution >= 4 is 11.6 Å². The molecule has 0 radical (unpaired) electrons. The summed E-state index contributed by atoms with van der Waals surface area (Å²) in [6.45, 7) is 3.28. The molecule has 0 aliphatic carbocycles. The highest BCUT2D eigenvalue weighted by atomic mass is 19.1. The van der Waals surface area contributed by atoms with E-state index in [0.717, 1.165) is 0 Å². The largest absolute Gasteiger partial charge is 0.372 e. The molecule has 2 aromatic rings. The third kappa shape index (κ3) is 4.00. The molecule has 1 unspecified atom stereocenters. The van der Waals surface area contributed by atoms with Crippen molar-refractivity contribution in [3.05, 3.63) is 75.1 Å². The first-order valence-electron chi connectivity index (χ1n) is 7.62. The Kier molecular flexibility index (Phi) is 5.48. The molecule has 0 fully saturated rings. The number of carbonyl (C=O) groups excluding carboxylic acids is 1. The molecule has 0 aliphatic heterocycles. The molecule has 1 atom stereocenters. The van der Waals surface area contributed by atoms with Crippen LogP contribution < -0.4 is 5.32 Å². The summed E-state index contributed by atoms with van der Waals surface area (Å²) in [6.07, 6.45) is 0. The third-order valence-electron chi connectivity index (χ3n) is 4.14. The van der Waals surface area contributed by atoms with Gasteiger partial charge in [0, 0.05) is 29.9 Å². The van der Waals surface area contributed by atoms with Gasteiger partial charge in [-0.2, -0.15) is 0 Å². The lowest BCUT2D eigenvalue weighted by Gasteiger charge is -2.29. The summed E-state index contributed by atoms with van der Waals surface area (Å²) in [5.41, 5.74) is -0.0877. The Balaban J connectivity index is 2.16. The maximum atomic E-state index is 14.0. The number of halogens is 1. The van der Waals surface area contributed by atoms with Crippen LogP contribution in [0.3, 0.4) is 0 Å². The Hall–Kier alpha value is -2.80. The molecular weight excluding hydrogens is 327 g/mol. The summed E-state index contributed by atoms with van der Waals surface area (Å²) in [6, 6.07) is 10.3. The summed E-state index contributed by atoms with van der Waals surface area (Å²) in [5, 5.41) is 13.5. The van der Waals surface area contributed by atoms with Crippen molar-refractivity contribution in [2.45, 2.75) is 19.4 Å². The fourth-order valence-corrected chi connectivity index (χ4v) is 2.52. The first-order valence-corrected chi connectivity index (χ1v) is 7.62. The molecular formula is C18H19FN2O4. The quantitative estimate of drug-likeness (QED) is 0.642. The van der Waals surface area contributed by atoms with E-state index in [-0.39, 0.29) is 17.8 Å². The molecule has 0 saturated carbocycles. The predicted octanol–water partition coefficient (Wildman–Crippen LogP) is 3.33. The lowest BCUT2D eigenvalue weighted by atomic mass is 9.95. The molecule has 132 valence electrons. The smallest absolute Gasteiger partial charge is 0.272 e. The minimum atomic E-state index is -1.04. The molecule has 0 heterocycles. The molecule has 6 nitrogen and oxygen atoms in total. The Bertz CT molecular complexity index is 809. The highest BCUT2D eigenvalue weighted by molar-refractivity contribution is 5.94. The summed E-state index contributed by atoms with van der Waals surface area (Å²) in [5.74, 6) is -0.843. The van der Waals surface area contributed by atoms with E-state index in [1.807, 2.05) is 0 Å². The number of nitro groups is 1. The lowest BCUT2D eigenvalue weighted by molar-refractivity contribution is -0.385. The van der Waals surface area contributed by atoms with Crippen LogP contribution in [0.4, 0.5) is 10.1 Å². The van der Waals surface area contributed by atoms with Gasteiger partial charge in [-0.3, -0.25) is 14.9 Å². The number of methoxy groups -OCH3 is 1. The van der Waals surface area contributed by atoms with E-state index in [1.54, 1.807) is 32.0 Å². The molecule has 1 N–H and O–H groups in total. The zero-order chi connectivity index (χ0) is 18.6. The zero-order valence-corrected chi connectivity index (χ0v) is 14.2. The standard InChI is InChI=1S/C18H19FN2O4/c1-12-10-13(8-9-16(12)21(23)24)17(22)20-11-18(2,25-3)14-6-4-5-7-15(14)19/h4-10H,11H2,1-3H3,(H,20,22). The van der Waals surface area contributed by atoms with E-state index in [1.165, 1.54) is 31.4 Å². The van der Waals surface area contributed by atoms with Crippen LogP contribution in [0.15, 0.2) is 42.5 Å². The van der Waals surface area contributed by atoms with E-state index in [2.05, 4.69) is 5.32 Å². The fourth-order valence-electron chi connectivity index (χ4n) is 2.52. The predicted molar refractivity (Wildman–Crippen MR) is 90.9 cm³/mol. The number of ether oxygens (including phenoxy) is 1. The van der Waals surface area contributed by atoms with Gasteiger partial charge in [0.2, 0.25) is 0 Å². The zero-order valence-electron chi connectivity index (χ0n) is 14.2. The number of benzene rings is 2. The topological polar surface area (TPSA) is 81.5 Å². The minimum Gasteiger partial charge on any atom is -0.372 e. The Morgan fingerprint density at radius 1 is 1.32 bits per heavy atom. The van der Waals surface area contributed by atoms with Gasteiger partial charge in [-0.15, -0.1) is 0 Å². The molecule has 25 heavy (non-hydrogen) atoms. The number of hydrogen-bond acceptors (Lipinski definition) is 4. The van der Waals surface area contributed by atoms with Gasteiger partial charge in [-0.1, -0.05) is 18.2 Å². The summed E-state index contributed by atoms with van der Waals surface area (Å²) in [4.78, 5) is 22.7. The van der Waals surface area contributed by atoms with Crippen molar-refractivity contribution in [3.63, 3.8) is 0 Å². The van der Waals surface area contributed by atoms with Crippen LogP contribution in [-0.4, -0.2) is 24.5 Å². The SMILES string of the molecule is COC(C)(CNC(=O)c1ccc([N+](=O)[O-])c(C)c1)c1ccccc1F. The van der Waals surface area contributed by atoms with Gasteiger partial charge in [0.1, 0.15) is 11.4 Å². The van der Waals surface area contributed by atoms with Gasteiger partial charge in [0.25, 0.3) is 11.6 Å². The Morgan fingerprint density at radius 3 is 2.56 bits per heavy atom. The third-order valence-corrected chi connectivity index (χ3v) is 4.14. The fraction of sp³-hybridized carbons (Fsp3) is 0.278. The average molecular weight is 346 g/mol. The van der Waals surface area contributed by atoms with Gasteiger partial charge < -0.3 is 10.1 Å². The van der Waals surface area contributed by atoms with Gasteiger partial charge in [0.05, 0.1) is 11.5 Å². The lowest BCUT2D eigenvalue weighted by Crippen LogP contribution is -2.40. The van der Waals surface area contributed by atoms with Gasteiger partial charge in [0.15, 0.2) is 0 Å². The van der Waals surface area contributed by atoms with Crippen molar-refractivity contribution in [1.82, 2.24) is 5.32 Å². The van der Waals surface area contributed by atoms with Gasteiger partial charge in [-0.05, 0) is 32.0 Å². The normalized spacial score (nSPS) is 13.1. The molecule has 0 saturated heterocycles. The molecule has 2 aromatic carbocycles. The summed E-state index contributed by atoms with van der Waals surface area (Å²) < 4.78 is 19.5. The van der Waals surface area contributed by atoms with Crippen molar-refractivity contribution in [1.29, 1.82) is 0 Å². The van der Waals surface area contributed by atoms with Crippen molar-refractivity contribution in [3.8, 4) is 0 Å². The minimum absolute atomic E-state index is 0.0410. The molecule has 2 rings (SSSR count). The average Bonchev–Trinajstić information content (AvgIpc) is 2.59. The molecule has 0 aliphatic rings. The van der Waals surface area contributed by atoms with E-state index in [4.69, 9.17) is 4.74 Å². The van der Waals surface area contributed by atoms with Crippen LogP contribution in [0.2, 0.25) is 0 Å². The molecule has 1 amide bonds. The molecule has 0 bridgehead atoms. The molecule has 0 spiro atoms. The van der Waals surface area contributed by atoms with Crippen LogP contribution in [0, 0.1) is 22.9 Å². The second-order valence-corrected chi connectivity index (χ2v) is 5.86. The number of aryl methyl sites for hydroxylation is 1. The first-order chi connectivity index (χ1) is 11.8. The first kappa shape index (κ1) is 18.5. The second kappa shape index (κ2) is 7.40. The Morgan fingerprint density at radius 2 is 2.00 bits per heavy atom. The van der Waals surface area contributed by atoms with Crippen molar-refractivity contribution in [2.24, 2.45) is 0 Å². The van der Waals surface area contributed by atoms with Crippen LogP contribution in [0.1, 0.15) is 28.4 Å². The number of nitrogens with zero attached hydrogens (tertiary/aromatic N) is 1. The van der Waals surface area contributed by atoms with E-state index >= 15 is 0 Å². The van der Waals surface area contributed by atoms with Gasteiger partial charge >= 0.3 is 0 Å². The highest BCUT2D eigenvalue weighted by Gasteiger charge is 2.30.